The van der Waals surface area contributed by atoms with Crippen molar-refractivity contribution in [1.29, 1.82) is 0 Å². The molecular formula is C31H52N4O5. The van der Waals surface area contributed by atoms with Gasteiger partial charge in [-0.15, -0.1) is 0 Å². The van der Waals surface area contributed by atoms with Crippen LogP contribution in [0, 0.1) is 19.8 Å². The molecule has 1 aromatic carbocycles. The first-order valence-electron chi connectivity index (χ1n) is 14.5. The Kier molecular flexibility index (Phi) is 14.2. The quantitative estimate of drug-likeness (QED) is 0.258. The number of rotatable bonds is 15. The highest BCUT2D eigenvalue weighted by atomic mass is 16.6. The van der Waals surface area contributed by atoms with Gasteiger partial charge in [-0.1, -0.05) is 51.8 Å². The van der Waals surface area contributed by atoms with Gasteiger partial charge in [-0.3, -0.25) is 14.4 Å². The molecule has 0 bridgehead atoms. The third kappa shape index (κ3) is 12.0. The number of hydrogen-bond donors (Lipinski definition) is 3. The van der Waals surface area contributed by atoms with E-state index in [4.69, 9.17) is 10.5 Å². The Balaban J connectivity index is 3.63. The topological polar surface area (TPSA) is 131 Å². The third-order valence-corrected chi connectivity index (χ3v) is 6.74. The molecule has 0 aliphatic heterocycles. The maximum atomic E-state index is 14.3. The number of ether oxygens (including phenoxy) is 1. The highest BCUT2D eigenvalue weighted by molar-refractivity contribution is 5.94. The second kappa shape index (κ2) is 16.2. The van der Waals surface area contributed by atoms with Crippen molar-refractivity contribution < 1.29 is 23.9 Å². The van der Waals surface area contributed by atoms with E-state index in [9.17, 15) is 19.2 Å². The average Bonchev–Trinajstić information content (AvgIpc) is 2.83. The molecule has 0 heterocycles. The van der Waals surface area contributed by atoms with E-state index in [0.29, 0.717) is 24.4 Å². The van der Waals surface area contributed by atoms with Crippen LogP contribution in [-0.2, 0) is 19.1 Å². The van der Waals surface area contributed by atoms with Crippen LogP contribution in [0.4, 0.5) is 4.79 Å². The number of nitrogens with two attached hydrogens (primary N) is 1. The number of aryl methyl sites for hydroxylation is 2. The molecule has 4 amide bonds. The Labute approximate surface area is 241 Å². The minimum Gasteiger partial charge on any atom is -0.444 e. The lowest BCUT2D eigenvalue weighted by Gasteiger charge is -2.39. The lowest BCUT2D eigenvalue weighted by Crippen LogP contribution is -2.56. The molecule has 0 aromatic heterocycles. The Morgan fingerprint density at radius 3 is 2.17 bits per heavy atom. The zero-order valence-electron chi connectivity index (χ0n) is 26.1. The number of nitrogens with zero attached hydrogens (tertiary/aromatic N) is 1. The monoisotopic (exact) mass is 560 g/mol. The summed E-state index contributed by atoms with van der Waals surface area (Å²) in [5.74, 6) is -1.24. The van der Waals surface area contributed by atoms with Crippen LogP contribution in [0.5, 0.6) is 0 Å². The average molecular weight is 561 g/mol. The van der Waals surface area contributed by atoms with Crippen LogP contribution in [0.15, 0.2) is 18.2 Å². The summed E-state index contributed by atoms with van der Waals surface area (Å²) in [5.41, 5.74) is 7.41. The van der Waals surface area contributed by atoms with Gasteiger partial charge < -0.3 is 26.0 Å². The van der Waals surface area contributed by atoms with Gasteiger partial charge in [0.05, 0.1) is 6.42 Å². The van der Waals surface area contributed by atoms with Gasteiger partial charge in [0.25, 0.3) is 0 Å². The Morgan fingerprint density at radius 1 is 1.00 bits per heavy atom. The predicted molar refractivity (Wildman–Crippen MR) is 159 cm³/mol. The van der Waals surface area contributed by atoms with Crippen LogP contribution in [0.25, 0.3) is 0 Å². The summed E-state index contributed by atoms with van der Waals surface area (Å²) >= 11 is 0. The van der Waals surface area contributed by atoms with Gasteiger partial charge in [-0.2, -0.15) is 0 Å². The summed E-state index contributed by atoms with van der Waals surface area (Å²) in [7, 11) is 0. The molecule has 4 N–H and O–H groups in total. The van der Waals surface area contributed by atoms with E-state index in [2.05, 4.69) is 31.4 Å². The minimum atomic E-state index is -1.30. The molecule has 0 aliphatic rings. The molecule has 0 fully saturated rings. The molecule has 0 aliphatic carbocycles. The normalized spacial score (nSPS) is 13.8. The fourth-order valence-corrected chi connectivity index (χ4v) is 4.40. The van der Waals surface area contributed by atoms with Crippen molar-refractivity contribution in [2.75, 3.05) is 6.54 Å². The molecule has 3 atom stereocenters. The SMILES string of the molecule is CCCCCNC(=O)C(c1ccc(C)c(C)c1)N(C(=O)C(CC(N)=O)NC(=O)OC(C)(C)C)C(C)CCC(C)C. The smallest absolute Gasteiger partial charge is 0.408 e. The van der Waals surface area contributed by atoms with E-state index >= 15 is 0 Å². The largest absolute Gasteiger partial charge is 0.444 e. The Hall–Kier alpha value is -3.10. The van der Waals surface area contributed by atoms with Gasteiger partial charge in [-0.25, -0.2) is 4.79 Å². The summed E-state index contributed by atoms with van der Waals surface area (Å²) in [4.78, 5) is 54.4. The number of benzene rings is 1. The molecule has 0 saturated heterocycles. The Bertz CT molecular complexity index is 1000. The van der Waals surface area contributed by atoms with Crippen LogP contribution in [-0.4, -0.2) is 52.9 Å². The van der Waals surface area contributed by atoms with E-state index in [1.165, 1.54) is 4.90 Å². The van der Waals surface area contributed by atoms with Crippen molar-refractivity contribution in [3.8, 4) is 0 Å². The second-order valence-electron chi connectivity index (χ2n) is 12.2. The minimum absolute atomic E-state index is 0.306. The molecule has 226 valence electrons. The molecule has 0 saturated carbocycles. The Morgan fingerprint density at radius 2 is 1.65 bits per heavy atom. The van der Waals surface area contributed by atoms with Gasteiger partial charge >= 0.3 is 6.09 Å². The first-order valence-corrected chi connectivity index (χ1v) is 14.5. The molecule has 0 radical (unpaired) electrons. The maximum Gasteiger partial charge on any atom is 0.408 e. The lowest BCUT2D eigenvalue weighted by molar-refractivity contribution is -0.146. The summed E-state index contributed by atoms with van der Waals surface area (Å²) < 4.78 is 5.36. The van der Waals surface area contributed by atoms with Gasteiger partial charge in [0.15, 0.2) is 0 Å². The van der Waals surface area contributed by atoms with Crippen molar-refractivity contribution >= 4 is 23.8 Å². The van der Waals surface area contributed by atoms with Crippen molar-refractivity contribution in [1.82, 2.24) is 15.5 Å². The van der Waals surface area contributed by atoms with E-state index in [0.717, 1.165) is 36.8 Å². The van der Waals surface area contributed by atoms with Crippen LogP contribution in [0.3, 0.4) is 0 Å². The number of primary amides is 1. The van der Waals surface area contributed by atoms with Gasteiger partial charge in [0, 0.05) is 12.6 Å². The molecule has 1 aromatic rings. The standard InChI is InChI=1S/C31H52N4O5/c1-10-11-12-17-33-28(37)27(24-16-14-21(4)22(5)18-24)35(23(6)15-13-20(2)3)29(38)25(19-26(32)36)34-30(39)40-31(7,8)9/h14,16,18,20,23,25,27H,10-13,15,17,19H2,1-9H3,(H2,32,36)(H,33,37)(H,34,39). The van der Waals surface area contributed by atoms with Crippen molar-refractivity contribution in [2.24, 2.45) is 11.7 Å². The number of carbonyl (C=O) groups is 4. The highest BCUT2D eigenvalue weighted by Gasteiger charge is 2.39. The molecule has 0 spiro atoms. The zero-order valence-corrected chi connectivity index (χ0v) is 26.1. The van der Waals surface area contributed by atoms with Crippen LogP contribution in [0.1, 0.15) is 110 Å². The molecule has 40 heavy (non-hydrogen) atoms. The van der Waals surface area contributed by atoms with Crippen LogP contribution >= 0.6 is 0 Å². The number of nitrogens with one attached hydrogen (secondary N) is 2. The molecule has 1 rings (SSSR count). The van der Waals surface area contributed by atoms with E-state index in [1.807, 2.05) is 39.0 Å². The van der Waals surface area contributed by atoms with Crippen molar-refractivity contribution in [2.45, 2.75) is 125 Å². The molecule has 9 nitrogen and oxygen atoms in total. The fourth-order valence-electron chi connectivity index (χ4n) is 4.40. The van der Waals surface area contributed by atoms with Crippen LogP contribution < -0.4 is 16.4 Å². The summed E-state index contributed by atoms with van der Waals surface area (Å²) in [6.07, 6.45) is 2.99. The fraction of sp³-hybridized carbons (Fsp3) is 0.677. The first-order chi connectivity index (χ1) is 18.6. The van der Waals surface area contributed by atoms with Crippen LogP contribution in [0.2, 0.25) is 0 Å². The summed E-state index contributed by atoms with van der Waals surface area (Å²) in [6.45, 7) is 17.7. The molecule has 3 unspecified atom stereocenters. The van der Waals surface area contributed by atoms with Crippen molar-refractivity contribution in [3.63, 3.8) is 0 Å². The number of amides is 4. The number of hydrogen-bond acceptors (Lipinski definition) is 5. The highest BCUT2D eigenvalue weighted by Crippen LogP contribution is 2.29. The zero-order chi connectivity index (χ0) is 30.6. The lowest BCUT2D eigenvalue weighted by atomic mass is 9.95. The van der Waals surface area contributed by atoms with Gasteiger partial charge in [0.2, 0.25) is 17.7 Å². The van der Waals surface area contributed by atoms with E-state index in [-0.39, 0.29) is 11.9 Å². The summed E-state index contributed by atoms with van der Waals surface area (Å²) in [5, 5.41) is 5.57. The molecular weight excluding hydrogens is 508 g/mol. The first kappa shape index (κ1) is 34.9. The number of unbranched alkanes of at least 4 members (excludes halogenated alkanes) is 2. The van der Waals surface area contributed by atoms with E-state index < -0.39 is 42.0 Å². The van der Waals surface area contributed by atoms with Crippen molar-refractivity contribution in [3.05, 3.63) is 34.9 Å². The summed E-state index contributed by atoms with van der Waals surface area (Å²) in [6, 6.07) is 3.08. The predicted octanol–water partition coefficient (Wildman–Crippen LogP) is 5.07. The third-order valence-electron chi connectivity index (χ3n) is 6.74. The van der Waals surface area contributed by atoms with Gasteiger partial charge in [-0.05, 0) is 83.4 Å². The van der Waals surface area contributed by atoms with Gasteiger partial charge in [0.1, 0.15) is 17.7 Å². The maximum absolute atomic E-state index is 14.3. The molecule has 9 heteroatoms. The van der Waals surface area contributed by atoms with E-state index in [1.54, 1.807) is 20.8 Å². The number of alkyl carbamates (subject to hydrolysis) is 1. The number of carbonyl (C=O) groups excluding carboxylic acids is 4. The second-order valence-corrected chi connectivity index (χ2v) is 12.2.